The van der Waals surface area contributed by atoms with E-state index in [9.17, 15) is 0 Å². The van der Waals surface area contributed by atoms with E-state index in [2.05, 4.69) is 28.0 Å². The van der Waals surface area contributed by atoms with E-state index in [1.807, 2.05) is 32.9 Å². The smallest absolute Gasteiger partial charge is 0.239 e. The average molecular weight is 291 g/mol. The first-order chi connectivity index (χ1) is 9.35. The van der Waals surface area contributed by atoms with Gasteiger partial charge in [0.15, 0.2) is 0 Å². The summed E-state index contributed by atoms with van der Waals surface area (Å²) in [5, 5.41) is 7.59. The molecule has 0 saturated carbocycles. The number of thiophene rings is 1. The van der Waals surface area contributed by atoms with Gasteiger partial charge in [0.25, 0.3) is 0 Å². The third kappa shape index (κ3) is 3.87. The predicted octanol–water partition coefficient (Wildman–Crippen LogP) is 3.82. The lowest BCUT2D eigenvalue weighted by Crippen LogP contribution is -2.24. The number of nitrogens with zero attached hydrogens (tertiary/aromatic N) is 1. The fraction of sp³-hybridized carbons (Fsp3) is 0.400. The van der Waals surface area contributed by atoms with Crippen molar-refractivity contribution in [2.24, 2.45) is 0 Å². The molecule has 4 nitrogen and oxygen atoms in total. The summed E-state index contributed by atoms with van der Waals surface area (Å²) >= 11 is 1.71. The van der Waals surface area contributed by atoms with Crippen molar-refractivity contribution in [1.29, 1.82) is 0 Å². The van der Waals surface area contributed by atoms with Crippen LogP contribution in [-0.4, -0.2) is 10.6 Å². The number of nitrogen functional groups attached to an aromatic ring is 1. The Morgan fingerprint density at radius 3 is 2.65 bits per heavy atom. The molecule has 0 unspecified atom stereocenters. The van der Waals surface area contributed by atoms with Crippen molar-refractivity contribution in [2.45, 2.75) is 39.8 Å². The minimum atomic E-state index is -0.316. The third-order valence-corrected chi connectivity index (χ3v) is 3.62. The lowest BCUT2D eigenvalue weighted by atomic mass is 10.2. The molecule has 0 saturated heterocycles. The summed E-state index contributed by atoms with van der Waals surface area (Å²) in [7, 11) is 0. The van der Waals surface area contributed by atoms with E-state index >= 15 is 0 Å². The topological polar surface area (TPSA) is 60.2 Å². The van der Waals surface area contributed by atoms with Crippen molar-refractivity contribution < 1.29 is 4.74 Å². The Balaban J connectivity index is 2.09. The van der Waals surface area contributed by atoms with Crippen molar-refractivity contribution in [3.05, 3.63) is 34.0 Å². The van der Waals surface area contributed by atoms with E-state index in [1.165, 1.54) is 11.1 Å². The Labute approximate surface area is 124 Å². The molecule has 0 bridgehead atoms. The minimum Gasteiger partial charge on any atom is -0.470 e. The molecular formula is C15H21N3OS. The summed E-state index contributed by atoms with van der Waals surface area (Å²) in [5.74, 6) is 1.24. The van der Waals surface area contributed by atoms with Crippen LogP contribution in [0.4, 0.5) is 11.5 Å². The van der Waals surface area contributed by atoms with Gasteiger partial charge in [-0.1, -0.05) is 0 Å². The average Bonchev–Trinajstić information content (AvgIpc) is 2.74. The number of aromatic nitrogens is 1. The highest BCUT2D eigenvalue weighted by molar-refractivity contribution is 7.08. The summed E-state index contributed by atoms with van der Waals surface area (Å²) in [5.41, 5.74) is 8.71. The highest BCUT2D eigenvalue weighted by Gasteiger charge is 2.15. The number of hydrogen-bond acceptors (Lipinski definition) is 5. The molecule has 3 N–H and O–H groups in total. The number of nitrogens with two attached hydrogens (primary N) is 1. The molecule has 20 heavy (non-hydrogen) atoms. The summed E-state index contributed by atoms with van der Waals surface area (Å²) < 4.78 is 5.76. The number of rotatable bonds is 4. The van der Waals surface area contributed by atoms with Crippen LogP contribution in [-0.2, 0) is 6.54 Å². The van der Waals surface area contributed by atoms with Gasteiger partial charge in [0.05, 0.1) is 5.69 Å². The SMILES string of the molecule is Cc1cscc1CNc1ccc(N)c(OC(C)(C)C)n1. The molecule has 0 atom stereocenters. The molecule has 0 amide bonds. The van der Waals surface area contributed by atoms with E-state index in [-0.39, 0.29) is 5.60 Å². The molecule has 2 heterocycles. The molecule has 0 spiro atoms. The molecule has 0 aliphatic rings. The van der Waals surface area contributed by atoms with Gasteiger partial charge in [0.1, 0.15) is 11.4 Å². The first kappa shape index (κ1) is 14.7. The number of anilines is 2. The van der Waals surface area contributed by atoms with Gasteiger partial charge in [-0.25, -0.2) is 0 Å². The first-order valence-corrected chi connectivity index (χ1v) is 7.50. The lowest BCUT2D eigenvalue weighted by molar-refractivity contribution is 0.125. The molecule has 2 aromatic rings. The molecule has 2 rings (SSSR count). The van der Waals surface area contributed by atoms with Crippen LogP contribution in [0.3, 0.4) is 0 Å². The van der Waals surface area contributed by atoms with E-state index in [0.717, 1.165) is 12.4 Å². The molecule has 0 radical (unpaired) electrons. The normalized spacial score (nSPS) is 11.4. The van der Waals surface area contributed by atoms with E-state index < -0.39 is 0 Å². The van der Waals surface area contributed by atoms with E-state index in [0.29, 0.717) is 11.6 Å². The second kappa shape index (κ2) is 5.71. The van der Waals surface area contributed by atoms with Gasteiger partial charge >= 0.3 is 0 Å². The Bertz CT molecular complexity index is 587. The van der Waals surface area contributed by atoms with Gasteiger partial charge in [0.2, 0.25) is 5.88 Å². The number of aryl methyl sites for hydroxylation is 1. The van der Waals surface area contributed by atoms with Crippen molar-refractivity contribution >= 4 is 22.8 Å². The van der Waals surface area contributed by atoms with Gasteiger partial charge in [-0.15, -0.1) is 0 Å². The quantitative estimate of drug-likeness (QED) is 0.899. The van der Waals surface area contributed by atoms with Gasteiger partial charge in [0, 0.05) is 6.54 Å². The molecular weight excluding hydrogens is 270 g/mol. The van der Waals surface area contributed by atoms with Gasteiger partial charge < -0.3 is 15.8 Å². The van der Waals surface area contributed by atoms with Gasteiger partial charge in [-0.2, -0.15) is 16.3 Å². The zero-order valence-electron chi connectivity index (χ0n) is 12.4. The van der Waals surface area contributed by atoms with Gasteiger partial charge in [-0.05, 0) is 61.7 Å². The molecule has 2 aromatic heterocycles. The van der Waals surface area contributed by atoms with Crippen LogP contribution in [0.2, 0.25) is 0 Å². The summed E-state index contributed by atoms with van der Waals surface area (Å²) in [6.45, 7) is 8.79. The van der Waals surface area contributed by atoms with Gasteiger partial charge in [-0.3, -0.25) is 0 Å². The highest BCUT2D eigenvalue weighted by Crippen LogP contribution is 2.25. The molecule has 0 aromatic carbocycles. The second-order valence-electron chi connectivity index (χ2n) is 5.74. The fourth-order valence-corrected chi connectivity index (χ4v) is 2.53. The lowest BCUT2D eigenvalue weighted by Gasteiger charge is -2.21. The van der Waals surface area contributed by atoms with Crippen LogP contribution in [0.5, 0.6) is 5.88 Å². The summed E-state index contributed by atoms with van der Waals surface area (Å²) in [6.07, 6.45) is 0. The third-order valence-electron chi connectivity index (χ3n) is 2.71. The Hall–Kier alpha value is -1.75. The van der Waals surface area contributed by atoms with Crippen LogP contribution in [0.1, 0.15) is 31.9 Å². The molecule has 0 aliphatic carbocycles. The molecule has 108 valence electrons. The van der Waals surface area contributed by atoms with Crippen LogP contribution >= 0.6 is 11.3 Å². The maximum Gasteiger partial charge on any atom is 0.239 e. The van der Waals surface area contributed by atoms with E-state index in [1.54, 1.807) is 11.3 Å². The Morgan fingerprint density at radius 2 is 2.05 bits per heavy atom. The monoisotopic (exact) mass is 291 g/mol. The maximum absolute atomic E-state index is 5.90. The van der Waals surface area contributed by atoms with Crippen molar-refractivity contribution in [3.63, 3.8) is 0 Å². The highest BCUT2D eigenvalue weighted by atomic mass is 32.1. The summed E-state index contributed by atoms with van der Waals surface area (Å²) in [4.78, 5) is 4.43. The number of nitrogens with one attached hydrogen (secondary N) is 1. The van der Waals surface area contributed by atoms with E-state index in [4.69, 9.17) is 10.5 Å². The molecule has 0 aliphatic heterocycles. The predicted molar refractivity (Wildman–Crippen MR) is 85.4 cm³/mol. The minimum absolute atomic E-state index is 0.316. The first-order valence-electron chi connectivity index (χ1n) is 6.56. The Morgan fingerprint density at radius 1 is 1.30 bits per heavy atom. The number of hydrogen-bond donors (Lipinski definition) is 2. The fourth-order valence-electron chi connectivity index (χ4n) is 1.68. The van der Waals surface area contributed by atoms with Crippen molar-refractivity contribution in [2.75, 3.05) is 11.1 Å². The summed E-state index contributed by atoms with van der Waals surface area (Å²) in [6, 6.07) is 3.68. The zero-order chi connectivity index (χ0) is 14.8. The second-order valence-corrected chi connectivity index (χ2v) is 6.48. The zero-order valence-corrected chi connectivity index (χ0v) is 13.2. The van der Waals surface area contributed by atoms with Crippen LogP contribution in [0, 0.1) is 6.92 Å². The standard InChI is InChI=1S/C15H21N3OS/c1-10-8-20-9-11(10)7-17-13-6-5-12(16)14(18-13)19-15(2,3)4/h5-6,8-9H,7,16H2,1-4H3,(H,17,18). The number of ether oxygens (including phenoxy) is 1. The maximum atomic E-state index is 5.90. The van der Waals surface area contributed by atoms with Crippen molar-refractivity contribution in [3.8, 4) is 5.88 Å². The largest absolute Gasteiger partial charge is 0.470 e. The van der Waals surface area contributed by atoms with Crippen LogP contribution < -0.4 is 15.8 Å². The van der Waals surface area contributed by atoms with Crippen LogP contribution in [0.25, 0.3) is 0 Å². The van der Waals surface area contributed by atoms with Crippen LogP contribution in [0.15, 0.2) is 22.9 Å². The molecule has 0 fully saturated rings. The van der Waals surface area contributed by atoms with Crippen molar-refractivity contribution in [1.82, 2.24) is 4.98 Å². The number of pyridine rings is 1. The molecule has 5 heteroatoms. The Kier molecular flexibility index (Phi) is 4.18.